The molecule has 1 amide bonds. The van der Waals surface area contributed by atoms with Crippen LogP contribution >= 0.6 is 11.6 Å². The zero-order chi connectivity index (χ0) is 18.2. The molecule has 134 valence electrons. The molecule has 0 spiro atoms. The highest BCUT2D eigenvalue weighted by Gasteiger charge is 2.34. The SMILES string of the molecule is CC1=C(Cl)C(C)(Cc2ccc(C(=O)N3CC(C)CC(C)C3)cc2)N=N1. The highest BCUT2D eigenvalue weighted by molar-refractivity contribution is 6.31. The largest absolute Gasteiger partial charge is 0.338 e. The summed E-state index contributed by atoms with van der Waals surface area (Å²) in [4.78, 5) is 14.8. The number of allylic oxidation sites excluding steroid dienone is 1. The number of hydrogen-bond donors (Lipinski definition) is 0. The fourth-order valence-electron chi connectivity index (χ4n) is 3.95. The summed E-state index contributed by atoms with van der Waals surface area (Å²) in [7, 11) is 0. The van der Waals surface area contributed by atoms with Crippen molar-refractivity contribution in [1.82, 2.24) is 4.90 Å². The fourth-order valence-corrected chi connectivity index (χ4v) is 4.09. The molecule has 3 rings (SSSR count). The summed E-state index contributed by atoms with van der Waals surface area (Å²) < 4.78 is 0. The zero-order valence-electron chi connectivity index (χ0n) is 15.4. The van der Waals surface area contributed by atoms with E-state index in [0.717, 1.165) is 29.9 Å². The molecule has 0 bridgehead atoms. The molecule has 5 heteroatoms. The van der Waals surface area contributed by atoms with Crippen molar-refractivity contribution in [3.8, 4) is 0 Å². The summed E-state index contributed by atoms with van der Waals surface area (Å²) in [6, 6.07) is 7.84. The second kappa shape index (κ2) is 6.91. The lowest BCUT2D eigenvalue weighted by molar-refractivity contribution is 0.0623. The Morgan fingerprint density at radius 2 is 1.84 bits per heavy atom. The predicted octanol–water partition coefficient (Wildman–Crippen LogP) is 5.04. The molecule has 1 aromatic carbocycles. The van der Waals surface area contributed by atoms with Gasteiger partial charge in [0.05, 0.1) is 10.7 Å². The molecule has 0 aliphatic carbocycles. The molecule has 0 radical (unpaired) electrons. The molecule has 2 aliphatic rings. The molecular weight excluding hydrogens is 334 g/mol. The van der Waals surface area contributed by atoms with E-state index in [2.05, 4.69) is 24.1 Å². The molecule has 1 fully saturated rings. The van der Waals surface area contributed by atoms with Crippen molar-refractivity contribution in [2.75, 3.05) is 13.1 Å². The van der Waals surface area contributed by atoms with Gasteiger partial charge in [-0.25, -0.2) is 0 Å². The normalized spacial score (nSPS) is 29.4. The number of piperidine rings is 1. The minimum Gasteiger partial charge on any atom is -0.338 e. The Bertz CT molecular complexity index is 715. The van der Waals surface area contributed by atoms with E-state index in [1.165, 1.54) is 6.42 Å². The highest BCUT2D eigenvalue weighted by Crippen LogP contribution is 2.37. The third-order valence-corrected chi connectivity index (χ3v) is 5.80. The highest BCUT2D eigenvalue weighted by atomic mass is 35.5. The second-order valence-corrected chi connectivity index (χ2v) is 8.28. The first kappa shape index (κ1) is 18.1. The van der Waals surface area contributed by atoms with Crippen LogP contribution in [0, 0.1) is 11.8 Å². The van der Waals surface area contributed by atoms with Crippen LogP contribution in [0.25, 0.3) is 0 Å². The summed E-state index contributed by atoms with van der Waals surface area (Å²) in [5.74, 6) is 1.26. The molecule has 4 nitrogen and oxygen atoms in total. The van der Waals surface area contributed by atoms with Gasteiger partial charge < -0.3 is 4.90 Å². The number of benzene rings is 1. The standard InChI is InChI=1S/C20H26ClN3O/c1-13-9-14(2)12-24(11-13)19(25)17-7-5-16(6-8-17)10-20(4)18(21)15(3)22-23-20/h5-8,13-14H,9-12H2,1-4H3. The van der Waals surface area contributed by atoms with E-state index in [1.54, 1.807) is 0 Å². The molecular formula is C20H26ClN3O. The first-order chi connectivity index (χ1) is 11.8. The van der Waals surface area contributed by atoms with Crippen LogP contribution in [-0.2, 0) is 6.42 Å². The van der Waals surface area contributed by atoms with Gasteiger partial charge >= 0.3 is 0 Å². The molecule has 2 heterocycles. The maximum Gasteiger partial charge on any atom is 0.253 e. The third-order valence-electron chi connectivity index (χ3n) is 5.12. The first-order valence-corrected chi connectivity index (χ1v) is 9.34. The number of amides is 1. The van der Waals surface area contributed by atoms with Crippen LogP contribution in [0.4, 0.5) is 0 Å². The Hall–Kier alpha value is -1.68. The van der Waals surface area contributed by atoms with E-state index in [1.807, 2.05) is 43.0 Å². The number of likely N-dealkylation sites (tertiary alicyclic amines) is 1. The lowest BCUT2D eigenvalue weighted by Gasteiger charge is -2.35. The van der Waals surface area contributed by atoms with Crippen LogP contribution in [-0.4, -0.2) is 29.4 Å². The third kappa shape index (κ3) is 3.79. The van der Waals surface area contributed by atoms with Crippen LogP contribution in [0.2, 0.25) is 0 Å². The van der Waals surface area contributed by atoms with Gasteiger partial charge in [0, 0.05) is 25.1 Å². The monoisotopic (exact) mass is 359 g/mol. The molecule has 3 unspecified atom stereocenters. The molecule has 0 saturated carbocycles. The number of carbonyl (C=O) groups is 1. The smallest absolute Gasteiger partial charge is 0.253 e. The van der Waals surface area contributed by atoms with Crippen molar-refractivity contribution in [3.05, 3.63) is 46.1 Å². The van der Waals surface area contributed by atoms with Crippen LogP contribution in [0.5, 0.6) is 0 Å². The number of halogens is 1. The van der Waals surface area contributed by atoms with E-state index in [-0.39, 0.29) is 5.91 Å². The minimum absolute atomic E-state index is 0.130. The van der Waals surface area contributed by atoms with Crippen molar-refractivity contribution >= 4 is 17.5 Å². The van der Waals surface area contributed by atoms with Crippen LogP contribution < -0.4 is 0 Å². The van der Waals surface area contributed by atoms with Crippen molar-refractivity contribution < 1.29 is 4.79 Å². The summed E-state index contributed by atoms with van der Waals surface area (Å²) in [6.07, 6.45) is 1.88. The average Bonchev–Trinajstić information content (AvgIpc) is 2.82. The van der Waals surface area contributed by atoms with Gasteiger partial charge in [0.15, 0.2) is 0 Å². The molecule has 1 aromatic rings. The fraction of sp³-hybridized carbons (Fsp3) is 0.550. The molecule has 2 aliphatic heterocycles. The number of rotatable bonds is 3. The van der Waals surface area contributed by atoms with E-state index >= 15 is 0 Å². The lowest BCUT2D eigenvalue weighted by Crippen LogP contribution is -2.42. The summed E-state index contributed by atoms with van der Waals surface area (Å²) in [5.41, 5.74) is 2.14. The molecule has 0 aromatic heterocycles. The maximum atomic E-state index is 12.8. The van der Waals surface area contributed by atoms with Gasteiger partial charge in [0.2, 0.25) is 0 Å². The van der Waals surface area contributed by atoms with Gasteiger partial charge in [-0.3, -0.25) is 4.79 Å². The second-order valence-electron chi connectivity index (χ2n) is 7.90. The van der Waals surface area contributed by atoms with E-state index < -0.39 is 5.54 Å². The van der Waals surface area contributed by atoms with Crippen molar-refractivity contribution in [1.29, 1.82) is 0 Å². The predicted molar refractivity (Wildman–Crippen MR) is 101 cm³/mol. The van der Waals surface area contributed by atoms with E-state index in [4.69, 9.17) is 11.6 Å². The Morgan fingerprint density at radius 1 is 1.24 bits per heavy atom. The summed E-state index contributed by atoms with van der Waals surface area (Å²) >= 11 is 6.36. The van der Waals surface area contributed by atoms with Crippen LogP contribution in [0.3, 0.4) is 0 Å². The van der Waals surface area contributed by atoms with Crippen molar-refractivity contribution in [2.24, 2.45) is 22.1 Å². The molecule has 25 heavy (non-hydrogen) atoms. The van der Waals surface area contributed by atoms with E-state index in [0.29, 0.717) is 23.3 Å². The number of carbonyl (C=O) groups excluding carboxylic acids is 1. The number of hydrogen-bond acceptors (Lipinski definition) is 3. The minimum atomic E-state index is -0.491. The van der Waals surface area contributed by atoms with Crippen molar-refractivity contribution in [3.63, 3.8) is 0 Å². The molecule has 0 N–H and O–H groups in total. The van der Waals surface area contributed by atoms with Gasteiger partial charge in [0.25, 0.3) is 5.91 Å². The van der Waals surface area contributed by atoms with Gasteiger partial charge in [-0.15, -0.1) is 0 Å². The zero-order valence-corrected chi connectivity index (χ0v) is 16.2. The molecule has 3 atom stereocenters. The quantitative estimate of drug-likeness (QED) is 0.745. The Kier molecular flexibility index (Phi) is 5.01. The van der Waals surface area contributed by atoms with Crippen LogP contribution in [0.1, 0.15) is 50.0 Å². The molecule has 1 saturated heterocycles. The van der Waals surface area contributed by atoms with Gasteiger partial charge in [0.1, 0.15) is 5.54 Å². The van der Waals surface area contributed by atoms with Gasteiger partial charge in [-0.1, -0.05) is 37.6 Å². The van der Waals surface area contributed by atoms with Crippen molar-refractivity contribution in [2.45, 2.75) is 46.1 Å². The number of azo groups is 1. The number of nitrogens with zero attached hydrogens (tertiary/aromatic N) is 3. The Labute approximate surface area is 155 Å². The first-order valence-electron chi connectivity index (χ1n) is 8.96. The summed E-state index contributed by atoms with van der Waals surface area (Å²) in [5, 5.41) is 9.11. The Balaban J connectivity index is 1.70. The van der Waals surface area contributed by atoms with Crippen LogP contribution in [0.15, 0.2) is 45.2 Å². The van der Waals surface area contributed by atoms with Gasteiger partial charge in [-0.2, -0.15) is 10.2 Å². The van der Waals surface area contributed by atoms with E-state index in [9.17, 15) is 4.79 Å². The maximum absolute atomic E-state index is 12.8. The summed E-state index contributed by atoms with van der Waals surface area (Å²) in [6.45, 7) is 10.0. The lowest BCUT2D eigenvalue weighted by atomic mass is 9.91. The topological polar surface area (TPSA) is 45.0 Å². The van der Waals surface area contributed by atoms with Gasteiger partial charge in [-0.05, 0) is 49.8 Å². The Morgan fingerprint density at radius 3 is 2.36 bits per heavy atom. The average molecular weight is 360 g/mol.